The molecular formula is C34H27ClF2N4O6. The summed E-state index contributed by atoms with van der Waals surface area (Å²) in [6.45, 7) is 7.26. The fourth-order valence-corrected chi connectivity index (χ4v) is 4.59. The maximum Gasteiger partial charge on any atom is 0.264 e. The van der Waals surface area contributed by atoms with Gasteiger partial charge in [-0.2, -0.15) is 0 Å². The van der Waals surface area contributed by atoms with Crippen molar-refractivity contribution in [3.8, 4) is 22.3 Å². The molecule has 0 unspecified atom stereocenters. The second-order valence-electron chi connectivity index (χ2n) is 10.1. The van der Waals surface area contributed by atoms with E-state index in [0.29, 0.717) is 22.6 Å². The molecule has 4 aromatic heterocycles. The van der Waals surface area contributed by atoms with Crippen LogP contribution < -0.4 is 11.1 Å². The lowest BCUT2D eigenvalue weighted by Crippen LogP contribution is -2.26. The summed E-state index contributed by atoms with van der Waals surface area (Å²) in [6.07, 6.45) is 3.11. The Kier molecular flexibility index (Phi) is 10.9. The van der Waals surface area contributed by atoms with Gasteiger partial charge >= 0.3 is 0 Å². The Morgan fingerprint density at radius 1 is 0.702 bits per heavy atom. The zero-order valence-electron chi connectivity index (χ0n) is 25.5. The second-order valence-corrected chi connectivity index (χ2v) is 10.4. The van der Waals surface area contributed by atoms with Gasteiger partial charge in [0, 0.05) is 57.9 Å². The van der Waals surface area contributed by atoms with E-state index in [4.69, 9.17) is 20.6 Å². The smallest absolute Gasteiger partial charge is 0.264 e. The van der Waals surface area contributed by atoms with E-state index < -0.39 is 22.5 Å². The molecular weight excluding hydrogens is 634 g/mol. The second kappa shape index (κ2) is 15.0. The lowest BCUT2D eigenvalue weighted by Gasteiger charge is -2.07. The zero-order chi connectivity index (χ0) is 34.2. The Hall–Kier alpha value is -5.75. The van der Waals surface area contributed by atoms with Crippen molar-refractivity contribution in [2.75, 3.05) is 0 Å². The molecule has 2 aromatic carbocycles. The van der Waals surface area contributed by atoms with Gasteiger partial charge in [0.05, 0.1) is 11.4 Å². The molecule has 0 aliphatic heterocycles. The SMILES string of the molecule is Cc1noc(C)c1-c1ccc(=O)[nH]c1.Cc1noc(C)c1-c1ccc(=O)n(C(=O)c2ccc(F)cc2)c1.O=C(Cl)c1ccc(F)cc1. The van der Waals surface area contributed by atoms with Crippen LogP contribution in [-0.4, -0.2) is 31.0 Å². The number of aryl methyl sites for hydroxylation is 4. The van der Waals surface area contributed by atoms with E-state index in [2.05, 4.69) is 15.3 Å². The number of halogens is 3. The largest absolute Gasteiger partial charge is 0.361 e. The number of carbonyl (C=O) groups excluding carboxylic acids is 2. The highest BCUT2D eigenvalue weighted by molar-refractivity contribution is 6.67. The number of H-pyrrole nitrogens is 1. The number of hydrogen-bond acceptors (Lipinski definition) is 8. The van der Waals surface area contributed by atoms with Crippen LogP contribution in [0.15, 0.2) is 104 Å². The van der Waals surface area contributed by atoms with Crippen LogP contribution in [0.25, 0.3) is 22.3 Å². The summed E-state index contributed by atoms with van der Waals surface area (Å²) in [5.74, 6) is 0.0140. The van der Waals surface area contributed by atoms with Crippen LogP contribution in [0.4, 0.5) is 8.78 Å². The van der Waals surface area contributed by atoms with Gasteiger partial charge in [-0.25, -0.2) is 13.3 Å². The first-order valence-corrected chi connectivity index (χ1v) is 14.3. The van der Waals surface area contributed by atoms with Gasteiger partial charge in [-0.05, 0) is 100.0 Å². The van der Waals surface area contributed by atoms with E-state index in [-0.39, 0.29) is 16.9 Å². The molecule has 0 aliphatic rings. The molecule has 0 atom stereocenters. The van der Waals surface area contributed by atoms with Crippen molar-refractivity contribution in [1.82, 2.24) is 19.9 Å². The summed E-state index contributed by atoms with van der Waals surface area (Å²) in [5, 5.41) is 7.15. The van der Waals surface area contributed by atoms with E-state index in [1.54, 1.807) is 32.2 Å². The van der Waals surface area contributed by atoms with Crippen LogP contribution in [0.2, 0.25) is 0 Å². The van der Waals surface area contributed by atoms with Crippen LogP contribution in [0.5, 0.6) is 0 Å². The first-order valence-electron chi connectivity index (χ1n) is 13.9. The van der Waals surface area contributed by atoms with Crippen molar-refractivity contribution in [3.63, 3.8) is 0 Å². The summed E-state index contributed by atoms with van der Waals surface area (Å²) >= 11 is 5.09. The lowest BCUT2D eigenvalue weighted by atomic mass is 10.1. The Balaban J connectivity index is 0.000000177. The number of carbonyl (C=O) groups is 2. The molecule has 0 spiro atoms. The van der Waals surface area contributed by atoms with Crippen LogP contribution >= 0.6 is 11.6 Å². The molecule has 6 aromatic rings. The van der Waals surface area contributed by atoms with Gasteiger partial charge in [0.15, 0.2) is 0 Å². The van der Waals surface area contributed by atoms with Gasteiger partial charge < -0.3 is 14.0 Å². The van der Waals surface area contributed by atoms with E-state index in [0.717, 1.165) is 32.7 Å². The van der Waals surface area contributed by atoms with E-state index in [1.165, 1.54) is 66.9 Å². The number of aromatic amines is 1. The Labute approximate surface area is 271 Å². The summed E-state index contributed by atoms with van der Waals surface area (Å²) < 4.78 is 36.3. The highest BCUT2D eigenvalue weighted by atomic mass is 35.5. The summed E-state index contributed by atoms with van der Waals surface area (Å²) in [5.41, 5.74) is 4.71. The molecule has 0 bridgehead atoms. The maximum absolute atomic E-state index is 13.0. The van der Waals surface area contributed by atoms with Crippen LogP contribution in [-0.2, 0) is 0 Å². The Bertz CT molecular complexity index is 2090. The molecule has 47 heavy (non-hydrogen) atoms. The number of pyridine rings is 2. The molecule has 13 heteroatoms. The van der Waals surface area contributed by atoms with Crippen LogP contribution in [0, 0.1) is 39.3 Å². The minimum Gasteiger partial charge on any atom is -0.361 e. The average Bonchev–Trinajstić information content (AvgIpc) is 3.57. The molecule has 0 radical (unpaired) electrons. The first kappa shape index (κ1) is 34.1. The summed E-state index contributed by atoms with van der Waals surface area (Å²) in [6, 6.07) is 16.3. The van der Waals surface area contributed by atoms with Crippen LogP contribution in [0.3, 0.4) is 0 Å². The third kappa shape index (κ3) is 8.50. The molecule has 0 aliphatic carbocycles. The van der Waals surface area contributed by atoms with Gasteiger partial charge in [-0.15, -0.1) is 0 Å². The standard InChI is InChI=1S/C17H13FN2O3.C10H10N2O2.C7H4ClFO/c1-10-16(11(2)23-19-10)13-5-8-15(21)20(9-13)17(22)12-3-6-14(18)7-4-12;1-6-10(7(2)14-12-6)8-3-4-9(13)11-5-8;8-7(10)5-1-3-6(9)4-2-5/h3-9H,1-2H3;3-5H,1-2H3,(H,11,13);1-4H. The van der Waals surface area contributed by atoms with Gasteiger partial charge in [-0.1, -0.05) is 10.3 Å². The Morgan fingerprint density at radius 2 is 1.19 bits per heavy atom. The predicted molar refractivity (Wildman–Crippen MR) is 170 cm³/mol. The maximum atomic E-state index is 13.0. The molecule has 0 saturated heterocycles. The fraction of sp³-hybridized carbons (Fsp3) is 0.118. The van der Waals surface area contributed by atoms with Gasteiger partial charge in [-0.3, -0.25) is 19.2 Å². The summed E-state index contributed by atoms with van der Waals surface area (Å²) in [7, 11) is 0. The van der Waals surface area contributed by atoms with Gasteiger partial charge in [0.25, 0.3) is 16.7 Å². The summed E-state index contributed by atoms with van der Waals surface area (Å²) in [4.78, 5) is 48.4. The number of aromatic nitrogens is 4. The molecule has 0 amide bonds. The topological polar surface area (TPSA) is 141 Å². The average molecular weight is 661 g/mol. The zero-order valence-corrected chi connectivity index (χ0v) is 26.3. The van der Waals surface area contributed by atoms with Gasteiger partial charge in [0.1, 0.15) is 23.2 Å². The van der Waals surface area contributed by atoms with Crippen molar-refractivity contribution < 1.29 is 27.4 Å². The van der Waals surface area contributed by atoms with Gasteiger partial charge in [0.2, 0.25) is 5.56 Å². The quantitative estimate of drug-likeness (QED) is 0.204. The number of hydrogen-bond donors (Lipinski definition) is 1. The molecule has 10 nitrogen and oxygen atoms in total. The van der Waals surface area contributed by atoms with Crippen molar-refractivity contribution in [3.05, 3.63) is 152 Å². The molecule has 0 fully saturated rings. The predicted octanol–water partition coefficient (Wildman–Crippen LogP) is 6.80. The normalized spacial score (nSPS) is 10.4. The number of nitrogens with one attached hydrogen (secondary N) is 1. The van der Waals surface area contributed by atoms with Crippen molar-refractivity contribution in [2.45, 2.75) is 27.7 Å². The molecule has 1 N–H and O–H groups in total. The lowest BCUT2D eigenvalue weighted by molar-refractivity contribution is 0.0955. The van der Waals surface area contributed by atoms with Crippen molar-refractivity contribution in [1.29, 1.82) is 0 Å². The minimum atomic E-state index is -0.569. The molecule has 0 saturated carbocycles. The van der Waals surface area contributed by atoms with E-state index in [1.807, 2.05) is 13.8 Å². The van der Waals surface area contributed by atoms with E-state index in [9.17, 15) is 28.0 Å². The third-order valence-corrected chi connectivity index (χ3v) is 6.94. The van der Waals surface area contributed by atoms with Crippen molar-refractivity contribution >= 4 is 22.8 Å². The molecule has 4 heterocycles. The van der Waals surface area contributed by atoms with Crippen molar-refractivity contribution in [2.24, 2.45) is 0 Å². The third-order valence-electron chi connectivity index (χ3n) is 6.72. The number of benzene rings is 2. The minimum absolute atomic E-state index is 0.111. The molecule has 240 valence electrons. The first-order chi connectivity index (χ1) is 22.3. The van der Waals surface area contributed by atoms with Crippen LogP contribution in [0.1, 0.15) is 43.6 Å². The fourth-order valence-electron chi connectivity index (χ4n) is 4.46. The number of rotatable bonds is 4. The highest BCUT2D eigenvalue weighted by Gasteiger charge is 2.16. The van der Waals surface area contributed by atoms with E-state index >= 15 is 0 Å². The highest BCUT2D eigenvalue weighted by Crippen LogP contribution is 2.26. The molecule has 6 rings (SSSR count). The Morgan fingerprint density at radius 3 is 1.64 bits per heavy atom. The number of nitrogens with zero attached hydrogens (tertiary/aromatic N) is 3. The monoisotopic (exact) mass is 660 g/mol.